The minimum atomic E-state index is -0.107. The van der Waals surface area contributed by atoms with Crippen LogP contribution in [0.2, 0.25) is 0 Å². The second-order valence-corrected chi connectivity index (χ2v) is 7.26. The predicted molar refractivity (Wildman–Crippen MR) is 79.6 cm³/mol. The number of aromatic nitrogens is 1. The average molecular weight is 287 g/mol. The summed E-state index contributed by atoms with van der Waals surface area (Å²) in [5.74, 6) is 0. The molecular weight excluding hydrogens is 266 g/mol. The molecule has 2 N–H and O–H groups in total. The van der Waals surface area contributed by atoms with Gasteiger partial charge in [0.25, 0.3) is 0 Å². The van der Waals surface area contributed by atoms with Crippen molar-refractivity contribution < 1.29 is 4.79 Å². The Labute approximate surface area is 117 Å². The molecule has 18 heavy (non-hydrogen) atoms. The maximum Gasteiger partial charge on any atom is 0.314 e. The Morgan fingerprint density at radius 1 is 1.50 bits per heavy atom. The highest BCUT2D eigenvalue weighted by Gasteiger charge is 2.16. The van der Waals surface area contributed by atoms with E-state index in [-0.39, 0.29) is 10.8 Å². The van der Waals surface area contributed by atoms with E-state index in [1.165, 1.54) is 0 Å². The van der Waals surface area contributed by atoms with E-state index < -0.39 is 0 Å². The summed E-state index contributed by atoms with van der Waals surface area (Å²) in [4.78, 5) is 15.9. The van der Waals surface area contributed by atoms with Gasteiger partial charge in [-0.1, -0.05) is 0 Å². The molecule has 0 aliphatic heterocycles. The first-order valence-electron chi connectivity index (χ1n) is 5.91. The van der Waals surface area contributed by atoms with Crippen molar-refractivity contribution in [3.63, 3.8) is 0 Å². The van der Waals surface area contributed by atoms with Crippen LogP contribution in [0.5, 0.6) is 0 Å². The fourth-order valence-electron chi connectivity index (χ4n) is 1.25. The summed E-state index contributed by atoms with van der Waals surface area (Å²) in [5, 5.41) is 8.82. The van der Waals surface area contributed by atoms with E-state index in [1.54, 1.807) is 23.1 Å². The quantitative estimate of drug-likeness (QED) is 0.845. The maximum absolute atomic E-state index is 11.6. The van der Waals surface area contributed by atoms with Crippen molar-refractivity contribution in [2.75, 3.05) is 19.3 Å². The molecule has 1 aromatic heterocycles. The lowest BCUT2D eigenvalue weighted by Gasteiger charge is -2.22. The van der Waals surface area contributed by atoms with Crippen molar-refractivity contribution in [1.82, 2.24) is 15.6 Å². The molecule has 102 valence electrons. The maximum atomic E-state index is 11.6. The van der Waals surface area contributed by atoms with Crippen LogP contribution in [0.4, 0.5) is 4.79 Å². The molecular formula is C12H21N3OS2. The molecule has 0 fully saturated rings. The van der Waals surface area contributed by atoms with Crippen molar-refractivity contribution in [2.24, 2.45) is 0 Å². The number of hydrogen-bond acceptors (Lipinski definition) is 4. The highest BCUT2D eigenvalue weighted by molar-refractivity contribution is 7.99. The Balaban J connectivity index is 2.18. The lowest BCUT2D eigenvalue weighted by molar-refractivity contribution is 0.240. The molecule has 0 unspecified atom stereocenters. The molecule has 2 amide bonds. The van der Waals surface area contributed by atoms with E-state index in [9.17, 15) is 4.79 Å². The number of amides is 2. The first-order valence-corrected chi connectivity index (χ1v) is 8.01. The zero-order chi connectivity index (χ0) is 13.6. The number of aryl methyl sites for hydroxylation is 1. The average Bonchev–Trinajstić information content (AvgIpc) is 2.73. The van der Waals surface area contributed by atoms with E-state index in [0.29, 0.717) is 13.1 Å². The van der Waals surface area contributed by atoms with Gasteiger partial charge in [0.05, 0.1) is 10.7 Å². The zero-order valence-electron chi connectivity index (χ0n) is 11.4. The third kappa shape index (κ3) is 5.73. The van der Waals surface area contributed by atoms with Crippen LogP contribution in [0.1, 0.15) is 24.5 Å². The van der Waals surface area contributed by atoms with Crippen LogP contribution >= 0.6 is 23.1 Å². The normalized spacial score (nSPS) is 11.3. The summed E-state index contributed by atoms with van der Waals surface area (Å²) in [6.45, 7) is 7.48. The number of carbonyl (C=O) groups excluding carboxylic acids is 1. The highest BCUT2D eigenvalue weighted by Crippen LogP contribution is 2.19. The fourth-order valence-corrected chi connectivity index (χ4v) is 2.12. The third-order valence-corrected chi connectivity index (χ3v) is 4.63. The van der Waals surface area contributed by atoms with Crippen LogP contribution in [0.15, 0.2) is 5.38 Å². The molecule has 1 rings (SSSR count). The molecule has 0 saturated carbocycles. The number of nitrogens with one attached hydrogen (secondary N) is 2. The topological polar surface area (TPSA) is 54.0 Å². The number of hydrogen-bond donors (Lipinski definition) is 2. The summed E-state index contributed by atoms with van der Waals surface area (Å²) in [6, 6.07) is -0.107. The smallest absolute Gasteiger partial charge is 0.314 e. The number of carbonyl (C=O) groups is 1. The number of thiazole rings is 1. The van der Waals surface area contributed by atoms with Crippen LogP contribution in [-0.4, -0.2) is 35.1 Å². The van der Waals surface area contributed by atoms with E-state index in [1.807, 2.05) is 18.6 Å². The monoisotopic (exact) mass is 287 g/mol. The number of urea groups is 1. The number of thioether (sulfide) groups is 1. The highest BCUT2D eigenvalue weighted by atomic mass is 32.2. The lowest BCUT2D eigenvalue weighted by atomic mass is 10.2. The van der Waals surface area contributed by atoms with Crippen molar-refractivity contribution in [1.29, 1.82) is 0 Å². The molecule has 0 aliphatic rings. The van der Waals surface area contributed by atoms with Crippen LogP contribution < -0.4 is 10.6 Å². The van der Waals surface area contributed by atoms with Crippen molar-refractivity contribution >= 4 is 29.1 Å². The van der Waals surface area contributed by atoms with E-state index >= 15 is 0 Å². The molecule has 0 bridgehead atoms. The Hall–Kier alpha value is -0.750. The van der Waals surface area contributed by atoms with Crippen LogP contribution in [0, 0.1) is 6.92 Å². The van der Waals surface area contributed by atoms with Gasteiger partial charge in [-0.15, -0.1) is 11.3 Å². The van der Waals surface area contributed by atoms with Gasteiger partial charge in [-0.3, -0.25) is 0 Å². The summed E-state index contributed by atoms with van der Waals surface area (Å²) in [5.41, 5.74) is 1.04. The Bertz CT molecular complexity index is 390. The van der Waals surface area contributed by atoms with Gasteiger partial charge >= 0.3 is 6.03 Å². The molecule has 4 nitrogen and oxygen atoms in total. The van der Waals surface area contributed by atoms with Crippen molar-refractivity contribution in [2.45, 2.75) is 31.9 Å². The first-order chi connectivity index (χ1) is 8.43. The van der Waals surface area contributed by atoms with Gasteiger partial charge in [0, 0.05) is 29.6 Å². The lowest BCUT2D eigenvalue weighted by Crippen LogP contribution is -2.42. The van der Waals surface area contributed by atoms with Gasteiger partial charge in [-0.05, 0) is 27.0 Å². The van der Waals surface area contributed by atoms with Crippen LogP contribution in [-0.2, 0) is 6.42 Å². The van der Waals surface area contributed by atoms with E-state index in [0.717, 1.165) is 17.1 Å². The number of rotatable bonds is 6. The van der Waals surface area contributed by atoms with Gasteiger partial charge in [-0.25, -0.2) is 9.78 Å². The first kappa shape index (κ1) is 15.3. The summed E-state index contributed by atoms with van der Waals surface area (Å²) in [7, 11) is 0. The summed E-state index contributed by atoms with van der Waals surface area (Å²) >= 11 is 3.38. The third-order valence-electron chi connectivity index (χ3n) is 2.56. The van der Waals surface area contributed by atoms with Gasteiger partial charge in [-0.2, -0.15) is 11.8 Å². The molecule has 0 saturated heterocycles. The number of nitrogens with zero attached hydrogens (tertiary/aromatic N) is 1. The summed E-state index contributed by atoms with van der Waals surface area (Å²) in [6.07, 6.45) is 2.83. The van der Waals surface area contributed by atoms with Gasteiger partial charge in [0.1, 0.15) is 0 Å². The Morgan fingerprint density at radius 2 is 2.22 bits per heavy atom. The van der Waals surface area contributed by atoms with Gasteiger partial charge < -0.3 is 10.6 Å². The molecule has 0 aromatic carbocycles. The van der Waals surface area contributed by atoms with E-state index in [2.05, 4.69) is 29.5 Å². The molecule has 1 heterocycles. The molecule has 1 aromatic rings. The second-order valence-electron chi connectivity index (χ2n) is 4.68. The zero-order valence-corrected chi connectivity index (χ0v) is 13.0. The molecule has 0 aliphatic carbocycles. The SMILES string of the molecule is CSC(C)(C)CNC(=O)NCCc1csc(C)n1. The Kier molecular flexibility index (Phi) is 5.95. The standard InChI is InChI=1S/C12H21N3OS2/c1-9-15-10(7-18-9)5-6-13-11(16)14-8-12(2,3)17-4/h7H,5-6,8H2,1-4H3,(H2,13,14,16). The fraction of sp³-hybridized carbons (Fsp3) is 0.667. The van der Waals surface area contributed by atoms with Gasteiger partial charge in [0.15, 0.2) is 0 Å². The molecule has 0 atom stereocenters. The minimum Gasteiger partial charge on any atom is -0.338 e. The second kappa shape index (κ2) is 6.99. The van der Waals surface area contributed by atoms with E-state index in [4.69, 9.17) is 0 Å². The molecule has 0 radical (unpaired) electrons. The van der Waals surface area contributed by atoms with Crippen molar-refractivity contribution in [3.8, 4) is 0 Å². The van der Waals surface area contributed by atoms with Crippen LogP contribution in [0.3, 0.4) is 0 Å². The van der Waals surface area contributed by atoms with Crippen LogP contribution in [0.25, 0.3) is 0 Å². The minimum absolute atomic E-state index is 0.0728. The Morgan fingerprint density at radius 3 is 2.78 bits per heavy atom. The predicted octanol–water partition coefficient (Wildman–Crippen LogP) is 2.43. The van der Waals surface area contributed by atoms with Crippen molar-refractivity contribution in [3.05, 3.63) is 16.1 Å². The summed E-state index contributed by atoms with van der Waals surface area (Å²) < 4.78 is 0.0728. The largest absolute Gasteiger partial charge is 0.338 e. The molecule has 0 spiro atoms. The van der Waals surface area contributed by atoms with Gasteiger partial charge in [0.2, 0.25) is 0 Å². The molecule has 6 heteroatoms.